The summed E-state index contributed by atoms with van der Waals surface area (Å²) < 4.78 is 0. The number of benzene rings is 1. The smallest absolute Gasteiger partial charge is 0.307 e. The first kappa shape index (κ1) is 16.0. The van der Waals surface area contributed by atoms with Gasteiger partial charge >= 0.3 is 5.97 Å². The van der Waals surface area contributed by atoms with Gasteiger partial charge in [0.1, 0.15) is 0 Å². The molecule has 1 fully saturated rings. The second-order valence-electron chi connectivity index (χ2n) is 6.15. The van der Waals surface area contributed by atoms with Gasteiger partial charge in [0.05, 0.1) is 18.3 Å². The summed E-state index contributed by atoms with van der Waals surface area (Å²) in [4.78, 5) is 34.7. The van der Waals surface area contributed by atoms with Gasteiger partial charge in [-0.3, -0.25) is 14.4 Å². The molecule has 2 amide bonds. The van der Waals surface area contributed by atoms with Crippen molar-refractivity contribution in [3.63, 3.8) is 0 Å². The van der Waals surface area contributed by atoms with E-state index < -0.39 is 23.2 Å². The van der Waals surface area contributed by atoms with Crippen LogP contribution in [0.1, 0.15) is 19.4 Å². The maximum Gasteiger partial charge on any atom is 0.307 e. The van der Waals surface area contributed by atoms with Crippen molar-refractivity contribution in [3.8, 4) is 0 Å². The molecular formula is C16H20N2O4. The summed E-state index contributed by atoms with van der Waals surface area (Å²) in [7, 11) is 1.56. The third kappa shape index (κ3) is 3.10. The summed E-state index contributed by atoms with van der Waals surface area (Å²) >= 11 is 0. The third-order valence-corrected chi connectivity index (χ3v) is 4.21. The molecule has 1 aliphatic rings. The molecule has 0 heterocycles. The average molecular weight is 304 g/mol. The number of hydrogen-bond donors (Lipinski definition) is 3. The first-order valence-corrected chi connectivity index (χ1v) is 7.10. The number of carbonyl (C=O) groups excluding carboxylic acids is 2. The summed E-state index contributed by atoms with van der Waals surface area (Å²) in [5.41, 5.74) is 0.815. The Bertz CT molecular complexity index is 624. The lowest BCUT2D eigenvalue weighted by molar-refractivity contribution is -0.140. The first-order chi connectivity index (χ1) is 10.3. The highest BCUT2D eigenvalue weighted by atomic mass is 16.4. The largest absolute Gasteiger partial charge is 0.481 e. The van der Waals surface area contributed by atoms with E-state index in [0.717, 1.165) is 5.56 Å². The number of anilines is 1. The van der Waals surface area contributed by atoms with Crippen LogP contribution in [0.4, 0.5) is 5.69 Å². The molecule has 1 saturated carbocycles. The van der Waals surface area contributed by atoms with Crippen LogP contribution in [-0.2, 0) is 20.8 Å². The molecule has 6 heteroatoms. The fraction of sp³-hybridized carbons (Fsp3) is 0.438. The van der Waals surface area contributed by atoms with Crippen LogP contribution in [0.3, 0.4) is 0 Å². The normalized spacial score (nSPS) is 21.8. The molecule has 0 aromatic heterocycles. The van der Waals surface area contributed by atoms with Crippen LogP contribution >= 0.6 is 0 Å². The van der Waals surface area contributed by atoms with Crippen molar-refractivity contribution in [1.29, 1.82) is 0 Å². The van der Waals surface area contributed by atoms with E-state index in [0.29, 0.717) is 5.69 Å². The second-order valence-corrected chi connectivity index (χ2v) is 6.15. The van der Waals surface area contributed by atoms with Gasteiger partial charge in [-0.05, 0) is 23.1 Å². The third-order valence-electron chi connectivity index (χ3n) is 4.21. The Kier molecular flexibility index (Phi) is 4.21. The molecule has 22 heavy (non-hydrogen) atoms. The summed E-state index contributed by atoms with van der Waals surface area (Å²) in [5, 5.41) is 14.4. The van der Waals surface area contributed by atoms with E-state index in [1.807, 2.05) is 0 Å². The van der Waals surface area contributed by atoms with Crippen molar-refractivity contribution in [2.24, 2.45) is 17.3 Å². The van der Waals surface area contributed by atoms with Crippen LogP contribution < -0.4 is 10.6 Å². The standard InChI is InChI=1S/C16H20N2O4/c1-16(2)12(13(16)15(21)22)14(20)18-10-6-4-5-9(7-10)8-11(19)17-3/h4-7,12-13H,8H2,1-3H3,(H,17,19)(H,18,20)(H,21,22)/t12-,13+/m1/s1. The van der Waals surface area contributed by atoms with Gasteiger partial charge in [-0.1, -0.05) is 26.0 Å². The lowest BCUT2D eigenvalue weighted by Gasteiger charge is -2.08. The Morgan fingerprint density at radius 2 is 1.91 bits per heavy atom. The minimum absolute atomic E-state index is 0.113. The number of carbonyl (C=O) groups is 3. The Morgan fingerprint density at radius 3 is 2.45 bits per heavy atom. The van der Waals surface area contributed by atoms with Crippen LogP contribution in [0.5, 0.6) is 0 Å². The molecule has 0 saturated heterocycles. The molecule has 1 aromatic rings. The van der Waals surface area contributed by atoms with E-state index in [9.17, 15) is 14.4 Å². The van der Waals surface area contributed by atoms with Crippen molar-refractivity contribution in [3.05, 3.63) is 29.8 Å². The number of carboxylic acids is 1. The van der Waals surface area contributed by atoms with E-state index in [1.165, 1.54) is 0 Å². The topological polar surface area (TPSA) is 95.5 Å². The number of likely N-dealkylation sites (N-methyl/N-ethyl adjacent to an activating group) is 1. The molecule has 6 nitrogen and oxygen atoms in total. The summed E-state index contributed by atoms with van der Waals surface area (Å²) in [5.74, 6) is -2.54. The lowest BCUT2D eigenvalue weighted by Crippen LogP contribution is -2.20. The quantitative estimate of drug-likeness (QED) is 0.763. The minimum Gasteiger partial charge on any atom is -0.481 e. The number of rotatable bonds is 5. The summed E-state index contributed by atoms with van der Waals surface area (Å²) in [6.45, 7) is 3.55. The molecule has 1 aliphatic carbocycles. The van der Waals surface area contributed by atoms with Crippen molar-refractivity contribution >= 4 is 23.5 Å². The maximum atomic E-state index is 12.2. The molecule has 3 N–H and O–H groups in total. The number of carboxylic acid groups (broad SMARTS) is 1. The van der Waals surface area contributed by atoms with E-state index in [1.54, 1.807) is 45.2 Å². The molecule has 0 bridgehead atoms. The zero-order valence-electron chi connectivity index (χ0n) is 12.8. The molecule has 0 spiro atoms. The molecule has 2 atom stereocenters. The van der Waals surface area contributed by atoms with Crippen LogP contribution in [0, 0.1) is 17.3 Å². The van der Waals surface area contributed by atoms with E-state index in [4.69, 9.17) is 5.11 Å². The van der Waals surface area contributed by atoms with Crippen molar-refractivity contribution in [2.75, 3.05) is 12.4 Å². The van der Waals surface area contributed by atoms with E-state index in [2.05, 4.69) is 10.6 Å². The molecule has 1 aromatic carbocycles. The molecule has 2 rings (SSSR count). The zero-order valence-corrected chi connectivity index (χ0v) is 12.8. The maximum absolute atomic E-state index is 12.2. The highest BCUT2D eigenvalue weighted by Gasteiger charge is 2.65. The van der Waals surface area contributed by atoms with E-state index >= 15 is 0 Å². The number of nitrogens with one attached hydrogen (secondary N) is 2. The Balaban J connectivity index is 2.05. The predicted octanol–water partition coefficient (Wildman–Crippen LogP) is 1.27. The predicted molar refractivity (Wildman–Crippen MR) is 81.2 cm³/mol. The Morgan fingerprint density at radius 1 is 1.23 bits per heavy atom. The molecule has 0 unspecified atom stereocenters. The minimum atomic E-state index is -0.946. The van der Waals surface area contributed by atoms with Crippen LogP contribution in [0.2, 0.25) is 0 Å². The van der Waals surface area contributed by atoms with Gasteiger partial charge in [0.15, 0.2) is 0 Å². The molecular weight excluding hydrogens is 284 g/mol. The van der Waals surface area contributed by atoms with Gasteiger partial charge in [-0.2, -0.15) is 0 Å². The van der Waals surface area contributed by atoms with E-state index in [-0.39, 0.29) is 18.2 Å². The van der Waals surface area contributed by atoms with Crippen LogP contribution in [0.15, 0.2) is 24.3 Å². The van der Waals surface area contributed by atoms with Gasteiger partial charge < -0.3 is 15.7 Å². The molecule has 118 valence electrons. The van der Waals surface area contributed by atoms with Crippen molar-refractivity contribution in [2.45, 2.75) is 20.3 Å². The number of aliphatic carboxylic acids is 1. The lowest BCUT2D eigenvalue weighted by atomic mass is 10.1. The first-order valence-electron chi connectivity index (χ1n) is 7.10. The summed E-state index contributed by atoms with van der Waals surface area (Å²) in [6.07, 6.45) is 0.229. The van der Waals surface area contributed by atoms with Gasteiger partial charge in [-0.15, -0.1) is 0 Å². The summed E-state index contributed by atoms with van der Waals surface area (Å²) in [6, 6.07) is 6.99. The van der Waals surface area contributed by atoms with Gasteiger partial charge in [0, 0.05) is 12.7 Å². The van der Waals surface area contributed by atoms with Gasteiger partial charge in [0.25, 0.3) is 0 Å². The second kappa shape index (κ2) is 5.79. The van der Waals surface area contributed by atoms with Gasteiger partial charge in [0.2, 0.25) is 11.8 Å². The fourth-order valence-corrected chi connectivity index (χ4v) is 2.84. The number of amides is 2. The fourth-order valence-electron chi connectivity index (χ4n) is 2.84. The van der Waals surface area contributed by atoms with Crippen molar-refractivity contribution < 1.29 is 19.5 Å². The highest BCUT2D eigenvalue weighted by Crippen LogP contribution is 2.58. The van der Waals surface area contributed by atoms with Crippen LogP contribution in [-0.4, -0.2) is 29.9 Å². The van der Waals surface area contributed by atoms with Crippen molar-refractivity contribution in [1.82, 2.24) is 5.32 Å². The average Bonchev–Trinajstić information content (AvgIpc) is 3.02. The Hall–Kier alpha value is -2.37. The molecule has 0 radical (unpaired) electrons. The molecule has 0 aliphatic heterocycles. The highest BCUT2D eigenvalue weighted by molar-refractivity contribution is 5.99. The SMILES string of the molecule is CNC(=O)Cc1cccc(NC(=O)[C@H]2[C@@H](C(=O)O)C2(C)C)c1. The van der Waals surface area contributed by atoms with Crippen LogP contribution in [0.25, 0.3) is 0 Å². The zero-order chi connectivity index (χ0) is 16.5. The number of hydrogen-bond acceptors (Lipinski definition) is 3. The Labute approximate surface area is 128 Å². The monoisotopic (exact) mass is 304 g/mol. The van der Waals surface area contributed by atoms with Gasteiger partial charge in [-0.25, -0.2) is 0 Å².